The Bertz CT molecular complexity index is 494. The first-order chi connectivity index (χ1) is 9.49. The highest BCUT2D eigenvalue weighted by Gasteiger charge is 2.28. The zero-order chi connectivity index (χ0) is 14.7. The molecule has 5 nitrogen and oxygen atoms in total. The van der Waals surface area contributed by atoms with Crippen LogP contribution in [0.5, 0.6) is 0 Å². The number of benzene rings is 1. The lowest BCUT2D eigenvalue weighted by Gasteiger charge is -2.31. The maximum absolute atomic E-state index is 12.9. The number of carbonyl (C=O) groups is 2. The Morgan fingerprint density at radius 3 is 2.60 bits per heavy atom. The summed E-state index contributed by atoms with van der Waals surface area (Å²) in [5, 5.41) is 5.56. The van der Waals surface area contributed by atoms with Crippen molar-refractivity contribution in [2.75, 3.05) is 20.1 Å². The molecule has 0 spiro atoms. The van der Waals surface area contributed by atoms with Gasteiger partial charge in [-0.3, -0.25) is 14.9 Å². The second kappa shape index (κ2) is 6.00. The molecule has 1 aliphatic heterocycles. The first kappa shape index (κ1) is 14.5. The summed E-state index contributed by atoms with van der Waals surface area (Å²) in [5.41, 5.74) is 0.863. The highest BCUT2D eigenvalue weighted by Crippen LogP contribution is 2.19. The molecule has 6 heteroatoms. The predicted octanol–water partition coefficient (Wildman–Crippen LogP) is 0.433. The average Bonchev–Trinajstić information content (AvgIpc) is 2.46. The third-order valence-electron chi connectivity index (χ3n) is 3.59. The summed E-state index contributed by atoms with van der Waals surface area (Å²) in [6.45, 7) is 2.32. The van der Waals surface area contributed by atoms with Gasteiger partial charge in [-0.2, -0.15) is 0 Å². The molecule has 108 valence electrons. The van der Waals surface area contributed by atoms with Gasteiger partial charge in [0.15, 0.2) is 0 Å². The maximum Gasteiger partial charge on any atom is 0.241 e. The lowest BCUT2D eigenvalue weighted by molar-refractivity contribution is -0.135. The summed E-state index contributed by atoms with van der Waals surface area (Å²) >= 11 is 0. The maximum atomic E-state index is 12.9. The van der Waals surface area contributed by atoms with Gasteiger partial charge in [-0.25, -0.2) is 4.39 Å². The number of nitrogens with zero attached hydrogens (tertiary/aromatic N) is 1. The molecule has 2 amide bonds. The number of nitrogens with one attached hydrogen (secondary N) is 2. The van der Waals surface area contributed by atoms with Gasteiger partial charge in [0.1, 0.15) is 11.9 Å². The van der Waals surface area contributed by atoms with Crippen molar-refractivity contribution in [1.82, 2.24) is 15.5 Å². The van der Waals surface area contributed by atoms with Crippen molar-refractivity contribution in [3.63, 3.8) is 0 Å². The van der Waals surface area contributed by atoms with Crippen LogP contribution in [0.25, 0.3) is 0 Å². The van der Waals surface area contributed by atoms with E-state index in [1.807, 2.05) is 6.92 Å². The summed E-state index contributed by atoms with van der Waals surface area (Å²) in [6, 6.07) is 5.51. The third kappa shape index (κ3) is 3.14. The third-order valence-corrected chi connectivity index (χ3v) is 3.59. The van der Waals surface area contributed by atoms with Gasteiger partial charge in [0.05, 0.1) is 12.6 Å². The first-order valence-electron chi connectivity index (χ1n) is 6.51. The fourth-order valence-corrected chi connectivity index (χ4v) is 2.14. The summed E-state index contributed by atoms with van der Waals surface area (Å²) in [5.74, 6) is -0.503. The van der Waals surface area contributed by atoms with Crippen molar-refractivity contribution in [2.45, 2.75) is 19.0 Å². The minimum Gasteiger partial charge on any atom is -0.353 e. The summed E-state index contributed by atoms with van der Waals surface area (Å²) in [6.07, 6.45) is 0. The Hall–Kier alpha value is -1.95. The molecule has 0 aromatic heterocycles. The molecular formula is C14H18FN3O2. The van der Waals surface area contributed by atoms with Crippen LogP contribution in [-0.2, 0) is 9.59 Å². The Kier molecular flexibility index (Phi) is 4.34. The molecular weight excluding hydrogens is 261 g/mol. The van der Waals surface area contributed by atoms with Crippen molar-refractivity contribution in [2.24, 2.45) is 0 Å². The standard InChI is InChI=1S/C14H18FN3O2/c1-9(10-3-5-11(15)6-4-10)18(2)14(20)12-7-17-13(19)8-16-12/h3-6,9,12,16H,7-8H2,1-2H3,(H,17,19). The highest BCUT2D eigenvalue weighted by atomic mass is 19.1. The van der Waals surface area contributed by atoms with E-state index in [0.717, 1.165) is 5.56 Å². The fourth-order valence-electron chi connectivity index (χ4n) is 2.14. The van der Waals surface area contributed by atoms with Gasteiger partial charge in [-0.05, 0) is 24.6 Å². The molecule has 1 fully saturated rings. The molecule has 1 heterocycles. The Balaban J connectivity index is 2.02. The van der Waals surface area contributed by atoms with E-state index < -0.39 is 6.04 Å². The van der Waals surface area contributed by atoms with Gasteiger partial charge in [0.2, 0.25) is 11.8 Å². The number of likely N-dealkylation sites (N-methyl/N-ethyl adjacent to an activating group) is 1. The number of carbonyl (C=O) groups excluding carboxylic acids is 2. The zero-order valence-electron chi connectivity index (χ0n) is 11.5. The second-order valence-corrected chi connectivity index (χ2v) is 4.91. The lowest BCUT2D eigenvalue weighted by Crippen LogP contribution is -2.58. The van der Waals surface area contributed by atoms with E-state index in [1.54, 1.807) is 24.1 Å². The fraction of sp³-hybridized carbons (Fsp3) is 0.429. The van der Waals surface area contributed by atoms with Gasteiger partial charge in [-0.1, -0.05) is 12.1 Å². The van der Waals surface area contributed by atoms with Gasteiger partial charge < -0.3 is 10.2 Å². The van der Waals surface area contributed by atoms with E-state index in [1.165, 1.54) is 12.1 Å². The number of halogens is 1. The summed E-state index contributed by atoms with van der Waals surface area (Å²) in [7, 11) is 1.70. The zero-order valence-corrected chi connectivity index (χ0v) is 11.5. The van der Waals surface area contributed by atoms with E-state index in [0.29, 0.717) is 0 Å². The minimum absolute atomic E-state index is 0.0955. The quantitative estimate of drug-likeness (QED) is 0.843. The largest absolute Gasteiger partial charge is 0.353 e. The monoisotopic (exact) mass is 279 g/mol. The molecule has 1 aliphatic rings. The molecule has 0 bridgehead atoms. The minimum atomic E-state index is -0.416. The molecule has 1 aromatic rings. The van der Waals surface area contributed by atoms with Crippen LogP contribution in [0, 0.1) is 5.82 Å². The Morgan fingerprint density at radius 2 is 2.05 bits per heavy atom. The van der Waals surface area contributed by atoms with Crippen LogP contribution in [0.4, 0.5) is 4.39 Å². The molecule has 0 saturated carbocycles. The van der Waals surface area contributed by atoms with Crippen molar-refractivity contribution in [1.29, 1.82) is 0 Å². The van der Waals surface area contributed by atoms with Crippen LogP contribution in [0.15, 0.2) is 24.3 Å². The summed E-state index contributed by atoms with van der Waals surface area (Å²) < 4.78 is 12.9. The van der Waals surface area contributed by atoms with Gasteiger partial charge in [-0.15, -0.1) is 0 Å². The van der Waals surface area contributed by atoms with Crippen molar-refractivity contribution < 1.29 is 14.0 Å². The van der Waals surface area contributed by atoms with Crippen LogP contribution in [0.3, 0.4) is 0 Å². The molecule has 2 atom stereocenters. The van der Waals surface area contributed by atoms with Crippen LogP contribution >= 0.6 is 0 Å². The Labute approximate surface area is 117 Å². The number of rotatable bonds is 3. The SMILES string of the molecule is CC(c1ccc(F)cc1)N(C)C(=O)C1CNC(=O)CN1. The summed E-state index contributed by atoms with van der Waals surface area (Å²) in [4.78, 5) is 25.0. The molecule has 1 saturated heterocycles. The molecule has 2 rings (SSSR count). The molecule has 1 aromatic carbocycles. The first-order valence-corrected chi connectivity index (χ1v) is 6.51. The van der Waals surface area contributed by atoms with Crippen LogP contribution in [0.2, 0.25) is 0 Å². The van der Waals surface area contributed by atoms with E-state index >= 15 is 0 Å². The highest BCUT2D eigenvalue weighted by molar-refractivity contribution is 5.86. The molecule has 2 unspecified atom stereocenters. The second-order valence-electron chi connectivity index (χ2n) is 4.91. The van der Waals surface area contributed by atoms with Crippen LogP contribution in [-0.4, -0.2) is 42.9 Å². The lowest BCUT2D eigenvalue weighted by atomic mass is 10.1. The number of hydrogen-bond acceptors (Lipinski definition) is 3. The number of amides is 2. The van der Waals surface area contributed by atoms with E-state index in [2.05, 4.69) is 10.6 Å². The van der Waals surface area contributed by atoms with Gasteiger partial charge >= 0.3 is 0 Å². The number of hydrogen-bond donors (Lipinski definition) is 2. The van der Waals surface area contributed by atoms with Crippen LogP contribution < -0.4 is 10.6 Å². The number of piperazine rings is 1. The van der Waals surface area contributed by atoms with Gasteiger partial charge in [0, 0.05) is 13.6 Å². The van der Waals surface area contributed by atoms with E-state index in [4.69, 9.17) is 0 Å². The average molecular weight is 279 g/mol. The molecule has 0 aliphatic carbocycles. The molecule has 0 radical (unpaired) electrons. The Morgan fingerprint density at radius 1 is 1.40 bits per heavy atom. The normalized spacial score (nSPS) is 20.1. The molecule has 20 heavy (non-hydrogen) atoms. The van der Waals surface area contributed by atoms with Crippen LogP contribution in [0.1, 0.15) is 18.5 Å². The van der Waals surface area contributed by atoms with Crippen molar-refractivity contribution in [3.05, 3.63) is 35.6 Å². The smallest absolute Gasteiger partial charge is 0.241 e. The van der Waals surface area contributed by atoms with E-state index in [-0.39, 0.29) is 36.8 Å². The molecule has 2 N–H and O–H groups in total. The topological polar surface area (TPSA) is 61.4 Å². The van der Waals surface area contributed by atoms with E-state index in [9.17, 15) is 14.0 Å². The predicted molar refractivity (Wildman–Crippen MR) is 72.4 cm³/mol. The van der Waals surface area contributed by atoms with Gasteiger partial charge in [0.25, 0.3) is 0 Å². The van der Waals surface area contributed by atoms with Crippen molar-refractivity contribution >= 4 is 11.8 Å². The van der Waals surface area contributed by atoms with Crippen molar-refractivity contribution in [3.8, 4) is 0 Å².